The summed E-state index contributed by atoms with van der Waals surface area (Å²) >= 11 is 0. The first-order valence-corrected chi connectivity index (χ1v) is 11.6. The van der Waals surface area contributed by atoms with E-state index in [1.807, 2.05) is 97.1 Å². The van der Waals surface area contributed by atoms with E-state index in [2.05, 4.69) is 0 Å². The van der Waals surface area contributed by atoms with Gasteiger partial charge in [0.25, 0.3) is 0 Å². The van der Waals surface area contributed by atoms with Crippen molar-refractivity contribution in [2.24, 2.45) is 0 Å². The zero-order chi connectivity index (χ0) is 20.5. The summed E-state index contributed by atoms with van der Waals surface area (Å²) in [5, 5.41) is 22.3. The zero-order valence-corrected chi connectivity index (χ0v) is 17.3. The molecule has 3 aromatic carbocycles. The molecule has 0 bridgehead atoms. The molecule has 0 aliphatic rings. The van der Waals surface area contributed by atoms with Gasteiger partial charge in [0.2, 0.25) is 0 Å². The molecule has 0 spiro atoms. The van der Waals surface area contributed by atoms with Crippen molar-refractivity contribution in [2.45, 2.75) is 25.4 Å². The van der Waals surface area contributed by atoms with E-state index in [1.165, 1.54) is 0 Å². The number of aliphatic hydroxyl groups excluding tert-OH is 2. The Morgan fingerprint density at radius 2 is 1.28 bits per heavy atom. The first-order valence-electron chi connectivity index (χ1n) is 9.93. The highest BCUT2D eigenvalue weighted by Gasteiger charge is 2.35. The Bertz CT molecular complexity index is 910. The molecule has 0 aromatic heterocycles. The van der Waals surface area contributed by atoms with Crippen molar-refractivity contribution in [3.8, 4) is 0 Å². The molecule has 3 aromatic rings. The third-order valence-electron chi connectivity index (χ3n) is 4.96. The Labute approximate surface area is 172 Å². The first-order chi connectivity index (χ1) is 14.2. The van der Waals surface area contributed by atoms with E-state index in [-0.39, 0.29) is 6.61 Å². The second kappa shape index (κ2) is 10.4. The standard InChI is InChI=1S/C25H27O3P/c26-20-12-4-11-19-24(25(27)21-13-5-1-6-14-21)29(28,22-15-7-2-8-16-22)23-17-9-3-10-18-23/h1-3,5-10,13-19,25-27H,4,11-12,20H2/b24-19+. The Kier molecular flexibility index (Phi) is 7.60. The van der Waals surface area contributed by atoms with Crippen LogP contribution in [-0.4, -0.2) is 16.8 Å². The summed E-state index contributed by atoms with van der Waals surface area (Å²) in [4.78, 5) is 0. The fourth-order valence-electron chi connectivity index (χ4n) is 3.45. The second-order valence-corrected chi connectivity index (χ2v) is 9.71. The molecule has 0 amide bonds. The Morgan fingerprint density at radius 3 is 1.76 bits per heavy atom. The third-order valence-corrected chi connectivity index (χ3v) is 8.17. The highest BCUT2D eigenvalue weighted by molar-refractivity contribution is 7.82. The van der Waals surface area contributed by atoms with Crippen LogP contribution in [0.4, 0.5) is 0 Å². The average Bonchev–Trinajstić information content (AvgIpc) is 2.80. The van der Waals surface area contributed by atoms with Crippen molar-refractivity contribution in [3.05, 3.63) is 108 Å². The lowest BCUT2D eigenvalue weighted by Gasteiger charge is -2.27. The van der Waals surface area contributed by atoms with Gasteiger partial charge in [0.1, 0.15) is 6.10 Å². The van der Waals surface area contributed by atoms with E-state index >= 15 is 0 Å². The van der Waals surface area contributed by atoms with Crippen molar-refractivity contribution in [3.63, 3.8) is 0 Å². The molecule has 1 atom stereocenters. The van der Waals surface area contributed by atoms with Gasteiger partial charge in [-0.3, -0.25) is 0 Å². The first kappa shape index (κ1) is 21.3. The highest BCUT2D eigenvalue weighted by Crippen LogP contribution is 2.56. The highest BCUT2D eigenvalue weighted by atomic mass is 31.2. The molecule has 2 N–H and O–H groups in total. The van der Waals surface area contributed by atoms with Gasteiger partial charge >= 0.3 is 0 Å². The van der Waals surface area contributed by atoms with Crippen molar-refractivity contribution < 1.29 is 14.8 Å². The van der Waals surface area contributed by atoms with Crippen molar-refractivity contribution in [2.75, 3.05) is 6.61 Å². The minimum atomic E-state index is -3.26. The molecule has 0 aliphatic carbocycles. The normalized spacial score (nSPS) is 13.2. The Balaban J connectivity index is 2.16. The van der Waals surface area contributed by atoms with Gasteiger partial charge in [-0.15, -0.1) is 0 Å². The topological polar surface area (TPSA) is 57.5 Å². The van der Waals surface area contributed by atoms with Gasteiger partial charge in [-0.25, -0.2) is 0 Å². The van der Waals surface area contributed by atoms with Crippen LogP contribution in [0.5, 0.6) is 0 Å². The number of benzene rings is 3. The predicted octanol–water partition coefficient (Wildman–Crippen LogP) is 4.78. The van der Waals surface area contributed by atoms with Crippen molar-refractivity contribution in [1.82, 2.24) is 0 Å². The fourth-order valence-corrected chi connectivity index (χ4v) is 6.41. The fraction of sp³-hybridized carbons (Fsp3) is 0.200. The minimum Gasteiger partial charge on any atom is -0.396 e. The molecule has 0 saturated heterocycles. The molecule has 3 nitrogen and oxygen atoms in total. The van der Waals surface area contributed by atoms with E-state index < -0.39 is 13.2 Å². The quantitative estimate of drug-likeness (QED) is 0.397. The van der Waals surface area contributed by atoms with Gasteiger partial charge in [0.15, 0.2) is 7.14 Å². The third kappa shape index (κ3) is 4.94. The number of rotatable bonds is 9. The molecular formula is C25H27O3P. The van der Waals surface area contributed by atoms with E-state index in [9.17, 15) is 9.67 Å². The maximum absolute atomic E-state index is 14.7. The average molecular weight is 406 g/mol. The van der Waals surface area contributed by atoms with E-state index in [1.54, 1.807) is 0 Å². The Morgan fingerprint density at radius 1 is 0.793 bits per heavy atom. The van der Waals surface area contributed by atoms with E-state index in [0.717, 1.165) is 6.42 Å². The van der Waals surface area contributed by atoms with Crippen LogP contribution in [0.3, 0.4) is 0 Å². The summed E-state index contributed by atoms with van der Waals surface area (Å²) in [5.41, 5.74) is 0.716. The van der Waals surface area contributed by atoms with Crippen LogP contribution in [0.2, 0.25) is 0 Å². The molecule has 0 aliphatic heterocycles. The van der Waals surface area contributed by atoms with Gasteiger partial charge in [-0.05, 0) is 24.8 Å². The molecule has 0 heterocycles. The monoisotopic (exact) mass is 406 g/mol. The predicted molar refractivity (Wildman–Crippen MR) is 120 cm³/mol. The number of unbranched alkanes of at least 4 members (excludes halogenated alkanes) is 2. The SMILES string of the molecule is O=P(/C(=C/CCCCO)C(O)c1ccccc1)(c1ccccc1)c1ccccc1. The maximum atomic E-state index is 14.7. The van der Waals surface area contributed by atoms with Gasteiger partial charge in [-0.1, -0.05) is 97.1 Å². The van der Waals surface area contributed by atoms with Gasteiger partial charge < -0.3 is 14.8 Å². The van der Waals surface area contributed by atoms with Crippen LogP contribution < -0.4 is 10.6 Å². The largest absolute Gasteiger partial charge is 0.396 e. The number of aliphatic hydroxyl groups is 2. The van der Waals surface area contributed by atoms with E-state index in [0.29, 0.717) is 34.3 Å². The van der Waals surface area contributed by atoms with Crippen molar-refractivity contribution >= 4 is 17.8 Å². The van der Waals surface area contributed by atoms with Crippen LogP contribution in [0, 0.1) is 0 Å². The molecular weight excluding hydrogens is 379 g/mol. The molecule has 0 radical (unpaired) electrons. The van der Waals surface area contributed by atoms with Crippen LogP contribution >= 0.6 is 7.14 Å². The van der Waals surface area contributed by atoms with Gasteiger partial charge in [0, 0.05) is 22.5 Å². The summed E-state index contributed by atoms with van der Waals surface area (Å²) in [6, 6.07) is 28.1. The summed E-state index contributed by atoms with van der Waals surface area (Å²) in [7, 11) is -3.26. The second-order valence-electron chi connectivity index (χ2n) is 6.94. The maximum Gasteiger partial charge on any atom is 0.169 e. The smallest absolute Gasteiger partial charge is 0.169 e. The van der Waals surface area contributed by atoms with Crippen LogP contribution in [0.1, 0.15) is 30.9 Å². The number of allylic oxidation sites excluding steroid dienone is 1. The van der Waals surface area contributed by atoms with Crippen LogP contribution in [-0.2, 0) is 4.57 Å². The minimum absolute atomic E-state index is 0.124. The molecule has 4 heteroatoms. The zero-order valence-electron chi connectivity index (χ0n) is 16.4. The van der Waals surface area contributed by atoms with Crippen LogP contribution in [0.15, 0.2) is 102 Å². The summed E-state index contributed by atoms with van der Waals surface area (Å²) in [5.74, 6) is 0. The lowest BCUT2D eigenvalue weighted by atomic mass is 10.1. The van der Waals surface area contributed by atoms with Gasteiger partial charge in [-0.2, -0.15) is 0 Å². The summed E-state index contributed by atoms with van der Waals surface area (Å²) in [6.45, 7) is 0.124. The summed E-state index contributed by atoms with van der Waals surface area (Å²) in [6.07, 6.45) is 3.02. The molecule has 3 rings (SSSR count). The lowest BCUT2D eigenvalue weighted by molar-refractivity contribution is 0.223. The van der Waals surface area contributed by atoms with Gasteiger partial charge in [0.05, 0.1) is 0 Å². The van der Waals surface area contributed by atoms with E-state index in [4.69, 9.17) is 5.11 Å². The molecule has 1 unspecified atom stereocenters. The molecule has 150 valence electrons. The molecule has 0 saturated carbocycles. The lowest BCUT2D eigenvalue weighted by Crippen LogP contribution is -2.20. The molecule has 0 fully saturated rings. The number of hydrogen-bond donors (Lipinski definition) is 2. The van der Waals surface area contributed by atoms with Crippen LogP contribution in [0.25, 0.3) is 0 Å². The Hall–Kier alpha value is -2.45. The molecule has 29 heavy (non-hydrogen) atoms. The summed E-state index contributed by atoms with van der Waals surface area (Å²) < 4.78 is 14.7. The number of hydrogen-bond acceptors (Lipinski definition) is 3. The van der Waals surface area contributed by atoms with Crippen molar-refractivity contribution in [1.29, 1.82) is 0 Å².